The van der Waals surface area contributed by atoms with E-state index in [0.29, 0.717) is 0 Å². The van der Waals surface area contributed by atoms with E-state index in [2.05, 4.69) is 41.8 Å². The first kappa shape index (κ1) is 12.1. The molecule has 2 aromatic rings. The molecule has 0 saturated heterocycles. The lowest BCUT2D eigenvalue weighted by molar-refractivity contribution is 1.06. The van der Waals surface area contributed by atoms with E-state index in [4.69, 9.17) is 0 Å². The third kappa shape index (κ3) is 3.06. The molecule has 16 heavy (non-hydrogen) atoms. The maximum Gasteiger partial charge on any atom is 0.116 e. The lowest BCUT2D eigenvalue weighted by Crippen LogP contribution is -1.85. The van der Waals surface area contributed by atoms with Gasteiger partial charge in [0.05, 0.1) is 4.47 Å². The molecule has 0 bridgehead atoms. The summed E-state index contributed by atoms with van der Waals surface area (Å²) in [6, 6.07) is 5.98. The fraction of sp³-hybridized carbons (Fsp3) is 0.0909. The Labute approximate surface area is 115 Å². The van der Waals surface area contributed by atoms with Crippen LogP contribution in [0.15, 0.2) is 49.6 Å². The van der Waals surface area contributed by atoms with Gasteiger partial charge in [-0.15, -0.1) is 0 Å². The van der Waals surface area contributed by atoms with Crippen molar-refractivity contribution in [3.63, 3.8) is 0 Å². The molecule has 0 spiro atoms. The second kappa shape index (κ2) is 5.29. The number of aryl methyl sites for hydroxylation is 1. The number of rotatable bonds is 2. The third-order valence-electron chi connectivity index (χ3n) is 1.85. The quantitative estimate of drug-likeness (QED) is 0.791. The minimum atomic E-state index is 0.931. The summed E-state index contributed by atoms with van der Waals surface area (Å²) in [5.74, 6) is 0. The molecule has 0 fully saturated rings. The first-order valence-electron chi connectivity index (χ1n) is 4.57. The van der Waals surface area contributed by atoms with E-state index in [9.17, 15) is 0 Å². The van der Waals surface area contributed by atoms with Gasteiger partial charge in [0.1, 0.15) is 10.1 Å². The molecule has 0 amide bonds. The van der Waals surface area contributed by atoms with Gasteiger partial charge in [0.15, 0.2) is 0 Å². The zero-order valence-corrected chi connectivity index (χ0v) is 12.4. The van der Waals surface area contributed by atoms with Crippen LogP contribution in [0.2, 0.25) is 0 Å². The highest BCUT2D eigenvalue weighted by Crippen LogP contribution is 2.31. The minimum absolute atomic E-state index is 0.931. The van der Waals surface area contributed by atoms with Crippen LogP contribution < -0.4 is 0 Å². The summed E-state index contributed by atoms with van der Waals surface area (Å²) in [4.78, 5) is 8.65. The Kier molecular flexibility index (Phi) is 4.00. The zero-order valence-electron chi connectivity index (χ0n) is 8.45. The third-order valence-corrected chi connectivity index (χ3v) is 4.15. The van der Waals surface area contributed by atoms with Crippen molar-refractivity contribution in [3.05, 3.63) is 45.1 Å². The zero-order chi connectivity index (χ0) is 11.5. The van der Waals surface area contributed by atoms with E-state index >= 15 is 0 Å². The maximum atomic E-state index is 4.36. The van der Waals surface area contributed by atoms with Crippen LogP contribution >= 0.6 is 43.6 Å². The Hall–Kier alpha value is -0.390. The Morgan fingerprint density at radius 2 is 1.94 bits per heavy atom. The summed E-state index contributed by atoms with van der Waals surface area (Å²) in [6.07, 6.45) is 3.64. The van der Waals surface area contributed by atoms with Crippen LogP contribution in [0.3, 0.4) is 0 Å². The van der Waals surface area contributed by atoms with Gasteiger partial charge < -0.3 is 0 Å². The van der Waals surface area contributed by atoms with Crippen LogP contribution in [-0.4, -0.2) is 9.97 Å². The molecular formula is C11H8Br2N2S. The Morgan fingerprint density at radius 3 is 2.56 bits per heavy atom. The van der Waals surface area contributed by atoms with Crippen molar-refractivity contribution in [2.45, 2.75) is 17.0 Å². The largest absolute Gasteiger partial charge is 0.248 e. The van der Waals surface area contributed by atoms with Gasteiger partial charge in [-0.05, 0) is 74.3 Å². The van der Waals surface area contributed by atoms with Crippen LogP contribution in [0.4, 0.5) is 0 Å². The van der Waals surface area contributed by atoms with Gasteiger partial charge in [-0.3, -0.25) is 0 Å². The number of aromatic nitrogens is 2. The van der Waals surface area contributed by atoms with Crippen molar-refractivity contribution in [1.29, 1.82) is 0 Å². The van der Waals surface area contributed by atoms with E-state index in [1.54, 1.807) is 18.0 Å². The Balaban J connectivity index is 2.23. The van der Waals surface area contributed by atoms with Crippen molar-refractivity contribution < 1.29 is 0 Å². The van der Waals surface area contributed by atoms with Gasteiger partial charge in [-0.25, -0.2) is 9.97 Å². The molecule has 2 heterocycles. The number of nitrogens with zero attached hydrogens (tertiary/aromatic N) is 2. The smallest absolute Gasteiger partial charge is 0.116 e. The fourth-order valence-electron chi connectivity index (χ4n) is 1.12. The first-order chi connectivity index (χ1) is 7.65. The topological polar surface area (TPSA) is 25.8 Å². The summed E-state index contributed by atoms with van der Waals surface area (Å²) in [5.41, 5.74) is 1.14. The van der Waals surface area contributed by atoms with Crippen molar-refractivity contribution in [2.24, 2.45) is 0 Å². The van der Waals surface area contributed by atoms with E-state index in [-0.39, 0.29) is 0 Å². The molecule has 2 nitrogen and oxygen atoms in total. The predicted molar refractivity (Wildman–Crippen MR) is 72.7 cm³/mol. The summed E-state index contributed by atoms with van der Waals surface area (Å²) < 4.78 is 1.98. The molecule has 0 radical (unpaired) electrons. The van der Waals surface area contributed by atoms with Crippen LogP contribution in [0.1, 0.15) is 5.56 Å². The molecule has 5 heteroatoms. The van der Waals surface area contributed by atoms with Crippen molar-refractivity contribution in [3.8, 4) is 0 Å². The molecule has 0 saturated carbocycles. The molecule has 0 aliphatic rings. The van der Waals surface area contributed by atoms with Crippen molar-refractivity contribution in [1.82, 2.24) is 9.97 Å². The summed E-state index contributed by atoms with van der Waals surface area (Å²) in [6.45, 7) is 2.02. The summed E-state index contributed by atoms with van der Waals surface area (Å²) in [5, 5.41) is 1.86. The molecule has 2 rings (SSSR count). The average Bonchev–Trinajstić information content (AvgIpc) is 2.25. The van der Waals surface area contributed by atoms with Gasteiger partial charge in [0.2, 0.25) is 0 Å². The van der Waals surface area contributed by atoms with E-state index < -0.39 is 0 Å². The predicted octanol–water partition coefficient (Wildman–Crippen LogP) is 4.46. The molecule has 0 aromatic carbocycles. The lowest BCUT2D eigenvalue weighted by atomic mass is 10.3. The van der Waals surface area contributed by atoms with Gasteiger partial charge in [0, 0.05) is 16.9 Å². The van der Waals surface area contributed by atoms with E-state index in [1.807, 2.05) is 31.3 Å². The fourth-order valence-corrected chi connectivity index (χ4v) is 2.76. The molecule has 0 aliphatic heterocycles. The highest BCUT2D eigenvalue weighted by atomic mass is 79.9. The Morgan fingerprint density at radius 1 is 1.12 bits per heavy atom. The van der Waals surface area contributed by atoms with E-state index in [0.717, 1.165) is 24.6 Å². The molecular weight excluding hydrogens is 352 g/mol. The first-order valence-corrected chi connectivity index (χ1v) is 6.97. The van der Waals surface area contributed by atoms with Gasteiger partial charge in [-0.2, -0.15) is 0 Å². The van der Waals surface area contributed by atoms with Crippen molar-refractivity contribution in [2.75, 3.05) is 0 Å². The van der Waals surface area contributed by atoms with Crippen LogP contribution in [0, 0.1) is 6.92 Å². The number of hydrogen-bond acceptors (Lipinski definition) is 3. The average molecular weight is 360 g/mol. The van der Waals surface area contributed by atoms with Crippen LogP contribution in [-0.2, 0) is 0 Å². The molecule has 0 atom stereocenters. The number of pyridine rings is 2. The normalized spacial score (nSPS) is 10.4. The second-order valence-corrected chi connectivity index (χ2v) is 6.00. The maximum absolute atomic E-state index is 4.36. The van der Waals surface area contributed by atoms with Crippen LogP contribution in [0.5, 0.6) is 0 Å². The Bertz CT molecular complexity index is 500. The highest BCUT2D eigenvalue weighted by Gasteiger charge is 2.05. The van der Waals surface area contributed by atoms with Gasteiger partial charge >= 0.3 is 0 Å². The SMILES string of the molecule is Cc1cnc(Sc2ccc(Br)cn2)c(Br)c1. The minimum Gasteiger partial charge on any atom is -0.248 e. The molecule has 0 N–H and O–H groups in total. The molecule has 0 aliphatic carbocycles. The number of hydrogen-bond donors (Lipinski definition) is 0. The highest BCUT2D eigenvalue weighted by molar-refractivity contribution is 9.10. The molecule has 2 aromatic heterocycles. The lowest BCUT2D eigenvalue weighted by Gasteiger charge is -2.03. The van der Waals surface area contributed by atoms with Gasteiger partial charge in [-0.1, -0.05) is 0 Å². The summed E-state index contributed by atoms with van der Waals surface area (Å²) >= 11 is 8.40. The molecule has 82 valence electrons. The molecule has 0 unspecified atom stereocenters. The summed E-state index contributed by atoms with van der Waals surface area (Å²) in [7, 11) is 0. The standard InChI is InChI=1S/C11H8Br2N2S/c1-7-4-9(13)11(15-5-7)16-10-3-2-8(12)6-14-10/h2-6H,1H3. The monoisotopic (exact) mass is 358 g/mol. The van der Waals surface area contributed by atoms with E-state index in [1.165, 1.54) is 0 Å². The van der Waals surface area contributed by atoms with Crippen LogP contribution in [0.25, 0.3) is 0 Å². The van der Waals surface area contributed by atoms with Gasteiger partial charge in [0.25, 0.3) is 0 Å². The van der Waals surface area contributed by atoms with Crippen molar-refractivity contribution >= 4 is 43.6 Å². The number of halogens is 2. The second-order valence-electron chi connectivity index (χ2n) is 3.22.